The second kappa shape index (κ2) is 11.0. The summed E-state index contributed by atoms with van der Waals surface area (Å²) in [5.74, 6) is -0.866. The number of ether oxygens (including phenoxy) is 1. The standard InChI is InChI=1S/C25H25N5O4S/c1-17(31)18-7-5-8-19(15-18)30(23(32)16-29-21-10-4-3-9-20(21)27-28-29)24(22-11-6-14-35-22)25(33)26-12-13-34-2/h3-11,14-15,24H,12-13,16H2,1-2H3,(H,26,33)/t24-/m1/s1. The highest BCUT2D eigenvalue weighted by Gasteiger charge is 2.34. The van der Waals surface area contributed by atoms with Crippen molar-refractivity contribution < 1.29 is 19.1 Å². The average molecular weight is 492 g/mol. The molecule has 9 nitrogen and oxygen atoms in total. The molecule has 0 aliphatic rings. The van der Waals surface area contributed by atoms with Gasteiger partial charge in [-0.25, -0.2) is 4.68 Å². The number of fused-ring (bicyclic) bond motifs is 1. The number of rotatable bonds is 10. The smallest absolute Gasteiger partial charge is 0.249 e. The van der Waals surface area contributed by atoms with Crippen LogP contribution in [0.25, 0.3) is 11.0 Å². The molecule has 1 N–H and O–H groups in total. The van der Waals surface area contributed by atoms with Crippen LogP contribution in [-0.4, -0.2) is 52.9 Å². The van der Waals surface area contributed by atoms with Crippen LogP contribution in [0.3, 0.4) is 0 Å². The van der Waals surface area contributed by atoms with E-state index in [1.165, 1.54) is 27.8 Å². The highest BCUT2D eigenvalue weighted by Crippen LogP contribution is 2.32. The molecule has 1 atom stereocenters. The molecule has 4 aromatic rings. The molecule has 0 fully saturated rings. The molecule has 0 aliphatic carbocycles. The van der Waals surface area contributed by atoms with Crippen molar-refractivity contribution in [3.8, 4) is 0 Å². The van der Waals surface area contributed by atoms with Crippen molar-refractivity contribution >= 4 is 45.7 Å². The Kier molecular flexibility index (Phi) is 7.64. The number of carbonyl (C=O) groups is 3. The van der Waals surface area contributed by atoms with Gasteiger partial charge >= 0.3 is 0 Å². The molecule has 2 aromatic heterocycles. The molecular formula is C25H25N5O4S. The van der Waals surface area contributed by atoms with Gasteiger partial charge in [0.25, 0.3) is 0 Å². The first-order chi connectivity index (χ1) is 17.0. The molecule has 2 amide bonds. The molecule has 0 bridgehead atoms. The van der Waals surface area contributed by atoms with Crippen molar-refractivity contribution in [2.45, 2.75) is 19.5 Å². The number of hydrogen-bond donors (Lipinski definition) is 1. The van der Waals surface area contributed by atoms with Gasteiger partial charge in [-0.3, -0.25) is 19.3 Å². The number of amides is 2. The fourth-order valence-corrected chi connectivity index (χ4v) is 4.56. The Bertz CT molecular complexity index is 1330. The lowest BCUT2D eigenvalue weighted by Gasteiger charge is -2.31. The number of methoxy groups -OCH3 is 1. The van der Waals surface area contributed by atoms with Crippen molar-refractivity contribution in [1.82, 2.24) is 20.3 Å². The van der Waals surface area contributed by atoms with Gasteiger partial charge in [0.1, 0.15) is 18.1 Å². The summed E-state index contributed by atoms with van der Waals surface area (Å²) in [6, 6.07) is 16.8. The van der Waals surface area contributed by atoms with Crippen LogP contribution in [0, 0.1) is 0 Å². The van der Waals surface area contributed by atoms with E-state index in [4.69, 9.17) is 4.74 Å². The second-order valence-corrected chi connectivity index (χ2v) is 8.79. The summed E-state index contributed by atoms with van der Waals surface area (Å²) >= 11 is 1.37. The number of hydrogen-bond acceptors (Lipinski definition) is 7. The minimum atomic E-state index is -0.948. The Hall–Kier alpha value is -3.89. The SMILES string of the molecule is COCCNC(=O)[C@@H](c1cccs1)N(C(=O)Cn1nnc2ccccc21)c1cccc(C(C)=O)c1. The molecule has 10 heteroatoms. The third kappa shape index (κ3) is 5.44. The number of anilines is 1. The normalized spacial score (nSPS) is 11.8. The maximum absolute atomic E-state index is 13.9. The topological polar surface area (TPSA) is 106 Å². The zero-order valence-electron chi connectivity index (χ0n) is 19.4. The van der Waals surface area contributed by atoms with Crippen LogP contribution in [0.5, 0.6) is 0 Å². The van der Waals surface area contributed by atoms with Crippen LogP contribution in [0.2, 0.25) is 0 Å². The number of carbonyl (C=O) groups excluding carboxylic acids is 3. The Morgan fingerprint density at radius 1 is 1.11 bits per heavy atom. The van der Waals surface area contributed by atoms with Gasteiger partial charge in [-0.05, 0) is 42.6 Å². The van der Waals surface area contributed by atoms with Crippen molar-refractivity contribution in [1.29, 1.82) is 0 Å². The van der Waals surface area contributed by atoms with Crippen LogP contribution in [-0.2, 0) is 20.9 Å². The lowest BCUT2D eigenvalue weighted by molar-refractivity contribution is -0.127. The molecule has 0 spiro atoms. The molecule has 4 rings (SSSR count). The van der Waals surface area contributed by atoms with E-state index in [2.05, 4.69) is 15.6 Å². The van der Waals surface area contributed by atoms with Crippen molar-refractivity contribution in [2.75, 3.05) is 25.2 Å². The number of para-hydroxylation sites is 1. The van der Waals surface area contributed by atoms with Gasteiger partial charge in [0.05, 0.1) is 12.1 Å². The van der Waals surface area contributed by atoms with Gasteiger partial charge in [0.2, 0.25) is 11.8 Å². The number of Topliss-reactive ketones (excluding diaryl/α,β-unsaturated/α-hetero) is 1. The molecule has 0 aliphatic heterocycles. The molecule has 0 saturated heterocycles. The molecule has 35 heavy (non-hydrogen) atoms. The summed E-state index contributed by atoms with van der Waals surface area (Å²) in [4.78, 5) is 41.5. The maximum atomic E-state index is 13.9. The van der Waals surface area contributed by atoms with E-state index in [0.29, 0.717) is 40.3 Å². The van der Waals surface area contributed by atoms with Crippen molar-refractivity contribution in [2.24, 2.45) is 0 Å². The Labute approximate surface area is 206 Å². The van der Waals surface area contributed by atoms with E-state index in [0.717, 1.165) is 0 Å². The molecule has 180 valence electrons. The largest absolute Gasteiger partial charge is 0.383 e. The number of nitrogens with zero attached hydrogens (tertiary/aromatic N) is 4. The first-order valence-electron chi connectivity index (χ1n) is 11.0. The molecular weight excluding hydrogens is 466 g/mol. The van der Waals surface area contributed by atoms with Crippen LogP contribution in [0.1, 0.15) is 28.2 Å². The molecule has 2 aromatic carbocycles. The average Bonchev–Trinajstić information content (AvgIpc) is 3.53. The van der Waals surface area contributed by atoms with E-state index in [1.807, 2.05) is 41.8 Å². The highest BCUT2D eigenvalue weighted by molar-refractivity contribution is 7.10. The van der Waals surface area contributed by atoms with E-state index >= 15 is 0 Å². The van der Waals surface area contributed by atoms with Crippen LogP contribution in [0.15, 0.2) is 66.0 Å². The number of thiophene rings is 1. The van der Waals surface area contributed by atoms with Gasteiger partial charge in [-0.2, -0.15) is 0 Å². The van der Waals surface area contributed by atoms with E-state index < -0.39 is 6.04 Å². The lowest BCUT2D eigenvalue weighted by atomic mass is 10.1. The fourth-order valence-electron chi connectivity index (χ4n) is 3.74. The molecule has 0 unspecified atom stereocenters. The first-order valence-corrected chi connectivity index (χ1v) is 11.9. The maximum Gasteiger partial charge on any atom is 0.249 e. The summed E-state index contributed by atoms with van der Waals surface area (Å²) in [6.45, 7) is 1.95. The number of aromatic nitrogens is 3. The van der Waals surface area contributed by atoms with Gasteiger partial charge in [0.15, 0.2) is 5.78 Å². The Morgan fingerprint density at radius 2 is 1.94 bits per heavy atom. The van der Waals surface area contributed by atoms with Crippen molar-refractivity contribution in [3.05, 3.63) is 76.5 Å². The van der Waals surface area contributed by atoms with Crippen LogP contribution < -0.4 is 10.2 Å². The summed E-state index contributed by atoms with van der Waals surface area (Å²) in [5, 5.41) is 13.0. The predicted molar refractivity (Wildman–Crippen MR) is 133 cm³/mol. The predicted octanol–water partition coefficient (Wildman–Crippen LogP) is 3.23. The third-order valence-corrected chi connectivity index (χ3v) is 6.35. The summed E-state index contributed by atoms with van der Waals surface area (Å²) in [5.41, 5.74) is 2.25. The van der Waals surface area contributed by atoms with Gasteiger partial charge in [-0.1, -0.05) is 35.5 Å². The van der Waals surface area contributed by atoms with Gasteiger partial charge < -0.3 is 10.1 Å². The zero-order valence-corrected chi connectivity index (χ0v) is 20.2. The highest BCUT2D eigenvalue weighted by atomic mass is 32.1. The first kappa shape index (κ1) is 24.2. The van der Waals surface area contributed by atoms with E-state index in [1.54, 1.807) is 31.4 Å². The Balaban J connectivity index is 1.77. The van der Waals surface area contributed by atoms with Gasteiger partial charge in [0, 0.05) is 29.8 Å². The van der Waals surface area contributed by atoms with E-state index in [-0.39, 0.29) is 24.1 Å². The van der Waals surface area contributed by atoms with E-state index in [9.17, 15) is 14.4 Å². The summed E-state index contributed by atoms with van der Waals surface area (Å²) < 4.78 is 6.57. The minimum absolute atomic E-state index is 0.140. The molecule has 0 radical (unpaired) electrons. The zero-order chi connectivity index (χ0) is 24.8. The van der Waals surface area contributed by atoms with Gasteiger partial charge in [-0.15, -0.1) is 16.4 Å². The van der Waals surface area contributed by atoms with Crippen LogP contribution in [0.4, 0.5) is 5.69 Å². The third-order valence-electron chi connectivity index (χ3n) is 5.43. The minimum Gasteiger partial charge on any atom is -0.383 e. The summed E-state index contributed by atoms with van der Waals surface area (Å²) in [7, 11) is 1.55. The van der Waals surface area contributed by atoms with Crippen LogP contribution >= 0.6 is 11.3 Å². The number of benzene rings is 2. The fraction of sp³-hybridized carbons (Fsp3) is 0.240. The number of nitrogens with one attached hydrogen (secondary N) is 1. The lowest BCUT2D eigenvalue weighted by Crippen LogP contribution is -2.45. The summed E-state index contributed by atoms with van der Waals surface area (Å²) in [6.07, 6.45) is 0. The van der Waals surface area contributed by atoms with Crippen molar-refractivity contribution in [3.63, 3.8) is 0 Å². The molecule has 2 heterocycles. The Morgan fingerprint density at radius 3 is 2.69 bits per heavy atom. The number of ketones is 1. The molecule has 0 saturated carbocycles. The second-order valence-electron chi connectivity index (χ2n) is 7.81. The quantitative estimate of drug-likeness (QED) is 0.270. The monoisotopic (exact) mass is 491 g/mol.